The molecule has 212 valence electrons. The first-order valence-electron chi connectivity index (χ1n) is 12.8. The van der Waals surface area contributed by atoms with E-state index in [1.54, 1.807) is 18.2 Å². The Kier molecular flexibility index (Phi) is 7.48. The fourth-order valence-corrected chi connectivity index (χ4v) is 5.76. The molecule has 2 aromatic carbocycles. The van der Waals surface area contributed by atoms with Crippen LogP contribution in [-0.2, 0) is 16.6 Å². The van der Waals surface area contributed by atoms with Gasteiger partial charge in [0.2, 0.25) is 0 Å². The van der Waals surface area contributed by atoms with Crippen molar-refractivity contribution in [3.63, 3.8) is 0 Å². The average molecular weight is 587 g/mol. The third kappa shape index (κ3) is 5.25. The molecular weight excluding hydrogens is 564 g/mol. The van der Waals surface area contributed by atoms with Gasteiger partial charge in [0.05, 0.1) is 27.9 Å². The number of pyridine rings is 1. The van der Waals surface area contributed by atoms with Crippen molar-refractivity contribution in [1.29, 1.82) is 5.26 Å². The van der Waals surface area contributed by atoms with Crippen LogP contribution in [0.15, 0.2) is 54.7 Å². The number of carbonyl (C=O) groups is 2. The Hall–Kier alpha value is -4.01. The van der Waals surface area contributed by atoms with Crippen molar-refractivity contribution in [1.82, 2.24) is 10.3 Å². The molecule has 7 nitrogen and oxygen atoms in total. The maximum Gasteiger partial charge on any atom is 0.434 e. The second-order valence-corrected chi connectivity index (χ2v) is 10.6. The summed E-state index contributed by atoms with van der Waals surface area (Å²) in [5.41, 5.74) is -3.88. The van der Waals surface area contributed by atoms with Gasteiger partial charge in [0.15, 0.2) is 11.3 Å². The van der Waals surface area contributed by atoms with Crippen molar-refractivity contribution in [2.75, 3.05) is 11.4 Å². The Morgan fingerprint density at radius 3 is 2.54 bits per heavy atom. The van der Waals surface area contributed by atoms with Gasteiger partial charge in [0, 0.05) is 29.9 Å². The smallest absolute Gasteiger partial charge is 0.372 e. The molecule has 0 bridgehead atoms. The summed E-state index contributed by atoms with van der Waals surface area (Å²) >= 11 is 5.79. The molecule has 1 atom stereocenters. The van der Waals surface area contributed by atoms with Crippen molar-refractivity contribution in [2.24, 2.45) is 5.92 Å². The molecule has 41 heavy (non-hydrogen) atoms. The Morgan fingerprint density at radius 1 is 1.15 bits per heavy atom. The highest BCUT2D eigenvalue weighted by atomic mass is 35.5. The summed E-state index contributed by atoms with van der Waals surface area (Å²) in [7, 11) is 0. The van der Waals surface area contributed by atoms with Gasteiger partial charge in [-0.2, -0.15) is 18.4 Å². The van der Waals surface area contributed by atoms with Crippen molar-refractivity contribution in [3.05, 3.63) is 93.5 Å². The van der Waals surface area contributed by atoms with Crippen LogP contribution in [0.4, 0.5) is 23.2 Å². The van der Waals surface area contributed by atoms with E-state index < -0.39 is 46.7 Å². The zero-order valence-corrected chi connectivity index (χ0v) is 22.1. The number of alkyl halides is 3. The number of hydrogen-bond donors (Lipinski definition) is 2. The number of hydrogen-bond acceptors (Lipinski definition) is 5. The van der Waals surface area contributed by atoms with Gasteiger partial charge < -0.3 is 15.3 Å². The molecule has 1 aromatic heterocycles. The van der Waals surface area contributed by atoms with Crippen LogP contribution in [0.3, 0.4) is 0 Å². The lowest BCUT2D eigenvalue weighted by molar-refractivity contribution is -0.141. The molecule has 1 aliphatic carbocycles. The summed E-state index contributed by atoms with van der Waals surface area (Å²) < 4.78 is 55.0. The van der Waals surface area contributed by atoms with E-state index in [4.69, 9.17) is 11.6 Å². The highest BCUT2D eigenvalue weighted by Gasteiger charge is 2.52. The van der Waals surface area contributed by atoms with Crippen LogP contribution in [-0.4, -0.2) is 34.5 Å². The van der Waals surface area contributed by atoms with Crippen LogP contribution < -0.4 is 10.2 Å². The minimum absolute atomic E-state index is 0.0589. The van der Waals surface area contributed by atoms with Gasteiger partial charge in [0.25, 0.3) is 11.8 Å². The van der Waals surface area contributed by atoms with Gasteiger partial charge in [0.1, 0.15) is 5.82 Å². The maximum atomic E-state index is 14.9. The van der Waals surface area contributed by atoms with Gasteiger partial charge in [-0.15, -0.1) is 0 Å². The lowest BCUT2D eigenvalue weighted by atomic mass is 9.85. The molecule has 2 heterocycles. The largest absolute Gasteiger partial charge is 0.434 e. The zero-order chi connectivity index (χ0) is 29.5. The first kappa shape index (κ1) is 28.5. The normalized spacial score (nSPS) is 22.3. The molecule has 0 spiro atoms. The number of anilines is 1. The van der Waals surface area contributed by atoms with Crippen LogP contribution >= 0.6 is 11.6 Å². The Morgan fingerprint density at radius 2 is 1.85 bits per heavy atom. The number of aromatic nitrogens is 1. The molecule has 5 rings (SSSR count). The van der Waals surface area contributed by atoms with Crippen LogP contribution in [0.1, 0.15) is 58.4 Å². The van der Waals surface area contributed by atoms with Gasteiger partial charge in [-0.25, -0.2) is 9.37 Å². The van der Waals surface area contributed by atoms with Gasteiger partial charge in [-0.05, 0) is 61.9 Å². The van der Waals surface area contributed by atoms with Gasteiger partial charge in [-0.1, -0.05) is 29.8 Å². The number of nitriles is 1. The van der Waals surface area contributed by atoms with E-state index in [1.165, 1.54) is 23.1 Å². The van der Waals surface area contributed by atoms with E-state index in [1.807, 2.05) is 6.07 Å². The SMILES string of the molecule is N#Cc1ccc(F)c(C2(O)C(=O)N(C[C@H]3CC[C@H](NC(=O)c4cc(Cl)cnc4C(F)(F)F)CC3)c3ccccc32)c1. The van der Waals surface area contributed by atoms with Crippen LogP contribution in [0.5, 0.6) is 0 Å². The molecule has 1 unspecified atom stereocenters. The molecule has 3 aromatic rings. The van der Waals surface area contributed by atoms with E-state index in [9.17, 15) is 37.5 Å². The highest BCUT2D eigenvalue weighted by Crippen LogP contribution is 2.46. The molecular formula is C29H23ClF4N4O3. The highest BCUT2D eigenvalue weighted by molar-refractivity contribution is 6.30. The average Bonchev–Trinajstić information content (AvgIpc) is 3.16. The number of rotatable bonds is 5. The number of halogens is 5. The number of benzene rings is 2. The lowest BCUT2D eigenvalue weighted by Gasteiger charge is -2.32. The number of aliphatic hydroxyl groups is 1. The van der Waals surface area contributed by atoms with Crippen molar-refractivity contribution >= 4 is 29.1 Å². The Bertz CT molecular complexity index is 1570. The van der Waals surface area contributed by atoms with E-state index >= 15 is 0 Å². The standard InChI is InChI=1S/C29H23ClF4N4O3/c30-18-12-20(25(36-14-18)29(32,33)34)26(39)37-19-8-5-16(6-9-19)15-38-24-4-2-1-3-21(24)28(41,27(38)40)22-11-17(13-35)7-10-23(22)31/h1-4,7,10-12,14,16,19,41H,5-6,8-9,15H2,(H,37,39)/t16-,19-,28?. The Labute approximate surface area is 237 Å². The maximum absolute atomic E-state index is 14.9. The van der Waals surface area contributed by atoms with Gasteiger partial charge in [-0.3, -0.25) is 9.59 Å². The molecule has 1 fully saturated rings. The molecule has 12 heteroatoms. The molecule has 1 saturated carbocycles. The second-order valence-electron chi connectivity index (χ2n) is 10.2. The van der Waals surface area contributed by atoms with Crippen molar-refractivity contribution in [2.45, 2.75) is 43.5 Å². The number of fused-ring (bicyclic) bond motifs is 1. The topological polar surface area (TPSA) is 106 Å². The second kappa shape index (κ2) is 10.8. The van der Waals surface area contributed by atoms with Crippen LogP contribution in [0.2, 0.25) is 5.02 Å². The third-order valence-corrected chi connectivity index (χ3v) is 7.82. The van der Waals surface area contributed by atoms with Crippen molar-refractivity contribution < 1.29 is 32.3 Å². The summed E-state index contributed by atoms with van der Waals surface area (Å²) in [4.78, 5) is 31.1. The fraction of sp³-hybridized carbons (Fsp3) is 0.310. The molecule has 1 aliphatic heterocycles. The number of carbonyl (C=O) groups excluding carboxylic acids is 2. The summed E-state index contributed by atoms with van der Waals surface area (Å²) in [6.45, 7) is 0.203. The lowest BCUT2D eigenvalue weighted by Crippen LogP contribution is -2.45. The first-order valence-corrected chi connectivity index (χ1v) is 13.2. The summed E-state index contributed by atoms with van der Waals surface area (Å²) in [6, 6.07) is 12.4. The summed E-state index contributed by atoms with van der Waals surface area (Å²) in [6.07, 6.45) is -2.04. The molecule has 2 N–H and O–H groups in total. The minimum atomic E-state index is -4.83. The summed E-state index contributed by atoms with van der Waals surface area (Å²) in [5, 5.41) is 23.5. The minimum Gasteiger partial charge on any atom is -0.372 e. The van der Waals surface area contributed by atoms with Gasteiger partial charge >= 0.3 is 6.18 Å². The van der Waals surface area contributed by atoms with Crippen LogP contribution in [0.25, 0.3) is 0 Å². The van der Waals surface area contributed by atoms with E-state index in [0.717, 1.165) is 18.3 Å². The van der Waals surface area contributed by atoms with E-state index in [-0.39, 0.29) is 34.2 Å². The fourth-order valence-electron chi connectivity index (χ4n) is 5.60. The molecule has 2 aliphatic rings. The Balaban J connectivity index is 1.30. The predicted molar refractivity (Wildman–Crippen MR) is 140 cm³/mol. The molecule has 2 amide bonds. The quantitative estimate of drug-likeness (QED) is 0.393. The van der Waals surface area contributed by atoms with E-state index in [2.05, 4.69) is 10.3 Å². The number of nitrogens with one attached hydrogen (secondary N) is 1. The van der Waals surface area contributed by atoms with Crippen LogP contribution in [0, 0.1) is 23.1 Å². The zero-order valence-electron chi connectivity index (χ0n) is 21.4. The number of para-hydroxylation sites is 1. The number of amides is 2. The molecule has 0 saturated heterocycles. The molecule has 0 radical (unpaired) electrons. The number of nitrogens with zero attached hydrogens (tertiary/aromatic N) is 3. The first-order chi connectivity index (χ1) is 19.4. The van der Waals surface area contributed by atoms with E-state index in [0.29, 0.717) is 31.4 Å². The predicted octanol–water partition coefficient (Wildman–Crippen LogP) is 5.34. The van der Waals surface area contributed by atoms with Crippen molar-refractivity contribution in [3.8, 4) is 6.07 Å². The monoisotopic (exact) mass is 586 g/mol. The summed E-state index contributed by atoms with van der Waals surface area (Å²) in [5.74, 6) is -2.55. The third-order valence-electron chi connectivity index (χ3n) is 7.61.